The lowest BCUT2D eigenvalue weighted by atomic mass is 10.0. The van der Waals surface area contributed by atoms with Gasteiger partial charge in [0, 0.05) is 36.3 Å². The highest BCUT2D eigenvalue weighted by Gasteiger charge is 2.25. The van der Waals surface area contributed by atoms with E-state index in [1.165, 1.54) is 12.1 Å². The Kier molecular flexibility index (Phi) is 3.56. The number of aliphatic carboxylic acids is 1. The number of nitro groups is 1. The average molecular weight is 292 g/mol. The minimum absolute atomic E-state index is 0.0594. The number of nitrogens with two attached hydrogens (primary N) is 2. The zero-order valence-corrected chi connectivity index (χ0v) is 11.7. The molecule has 2 aromatic rings. The SMILES string of the molecule is Cc1c(CC(N)C(=O)O)c2c(N)ccc([N+](=O)[O-])c2n1C. The van der Waals surface area contributed by atoms with E-state index in [1.54, 1.807) is 18.5 Å². The van der Waals surface area contributed by atoms with Crippen LogP contribution in [0, 0.1) is 17.0 Å². The molecule has 0 spiro atoms. The van der Waals surface area contributed by atoms with E-state index in [1.807, 2.05) is 0 Å². The molecule has 0 amide bonds. The standard InChI is InChI=1S/C13H16N4O4/c1-6-7(5-9(15)13(18)19)11-8(14)3-4-10(17(20)21)12(11)16(6)2/h3-4,9H,5,14-15H2,1-2H3,(H,18,19). The van der Waals surface area contributed by atoms with E-state index in [0.29, 0.717) is 27.8 Å². The van der Waals surface area contributed by atoms with E-state index < -0.39 is 16.9 Å². The summed E-state index contributed by atoms with van der Waals surface area (Å²) in [5.41, 5.74) is 13.5. The van der Waals surface area contributed by atoms with Gasteiger partial charge in [-0.25, -0.2) is 0 Å². The van der Waals surface area contributed by atoms with Gasteiger partial charge in [0.25, 0.3) is 5.69 Å². The van der Waals surface area contributed by atoms with Crippen LogP contribution in [0.3, 0.4) is 0 Å². The van der Waals surface area contributed by atoms with Gasteiger partial charge in [0.15, 0.2) is 0 Å². The zero-order valence-electron chi connectivity index (χ0n) is 11.7. The number of nitrogen functional groups attached to an aromatic ring is 1. The molecule has 1 atom stereocenters. The van der Waals surface area contributed by atoms with Gasteiger partial charge in [-0.3, -0.25) is 14.9 Å². The van der Waals surface area contributed by atoms with Crippen molar-refractivity contribution in [2.24, 2.45) is 12.8 Å². The molecule has 21 heavy (non-hydrogen) atoms. The van der Waals surface area contributed by atoms with Gasteiger partial charge in [-0.2, -0.15) is 0 Å². The Morgan fingerprint density at radius 3 is 2.67 bits per heavy atom. The number of hydrogen-bond acceptors (Lipinski definition) is 5. The van der Waals surface area contributed by atoms with Gasteiger partial charge >= 0.3 is 5.97 Å². The van der Waals surface area contributed by atoms with Crippen molar-refractivity contribution >= 4 is 28.2 Å². The summed E-state index contributed by atoms with van der Waals surface area (Å²) >= 11 is 0. The monoisotopic (exact) mass is 292 g/mol. The summed E-state index contributed by atoms with van der Waals surface area (Å²) in [6, 6.07) is 1.71. The molecule has 1 aromatic heterocycles. The number of anilines is 1. The summed E-state index contributed by atoms with van der Waals surface area (Å²) < 4.78 is 1.65. The number of non-ortho nitro benzene ring substituents is 1. The molecule has 1 heterocycles. The van der Waals surface area contributed by atoms with E-state index in [4.69, 9.17) is 16.6 Å². The second-order valence-electron chi connectivity index (χ2n) is 4.93. The Hall–Kier alpha value is -2.61. The summed E-state index contributed by atoms with van der Waals surface area (Å²) in [7, 11) is 1.68. The second-order valence-corrected chi connectivity index (χ2v) is 4.93. The third-order valence-electron chi connectivity index (χ3n) is 3.70. The van der Waals surface area contributed by atoms with E-state index in [-0.39, 0.29) is 12.1 Å². The quantitative estimate of drug-likeness (QED) is 0.435. The molecule has 0 aliphatic heterocycles. The largest absolute Gasteiger partial charge is 0.480 e. The fourth-order valence-electron chi connectivity index (χ4n) is 2.51. The maximum Gasteiger partial charge on any atom is 0.320 e. The number of aryl methyl sites for hydroxylation is 1. The van der Waals surface area contributed by atoms with Crippen LogP contribution in [0.25, 0.3) is 10.9 Å². The summed E-state index contributed by atoms with van der Waals surface area (Å²) in [5, 5.41) is 20.6. The van der Waals surface area contributed by atoms with Crippen LogP contribution in [0.15, 0.2) is 12.1 Å². The molecule has 5 N–H and O–H groups in total. The van der Waals surface area contributed by atoms with E-state index in [2.05, 4.69) is 0 Å². The summed E-state index contributed by atoms with van der Waals surface area (Å²) in [6.45, 7) is 1.76. The van der Waals surface area contributed by atoms with Gasteiger partial charge in [0.2, 0.25) is 0 Å². The van der Waals surface area contributed by atoms with Crippen molar-refractivity contribution in [3.05, 3.63) is 33.5 Å². The number of carbonyl (C=O) groups is 1. The van der Waals surface area contributed by atoms with Crippen LogP contribution in [0.5, 0.6) is 0 Å². The number of rotatable bonds is 4. The summed E-state index contributed by atoms with van der Waals surface area (Å²) in [6.07, 6.45) is 0.0594. The van der Waals surface area contributed by atoms with Crippen LogP contribution in [-0.2, 0) is 18.3 Å². The fraction of sp³-hybridized carbons (Fsp3) is 0.308. The first-order valence-electron chi connectivity index (χ1n) is 6.24. The van der Waals surface area contributed by atoms with Crippen LogP contribution in [-0.4, -0.2) is 26.6 Å². The molecule has 0 saturated heterocycles. The predicted molar refractivity (Wildman–Crippen MR) is 78.0 cm³/mol. The van der Waals surface area contributed by atoms with Crippen LogP contribution in [0.1, 0.15) is 11.3 Å². The first-order chi connectivity index (χ1) is 9.75. The van der Waals surface area contributed by atoms with Crippen LogP contribution < -0.4 is 11.5 Å². The highest BCUT2D eigenvalue weighted by molar-refractivity contribution is 6.01. The number of nitrogens with zero attached hydrogens (tertiary/aromatic N) is 2. The van der Waals surface area contributed by atoms with Gasteiger partial charge < -0.3 is 21.1 Å². The van der Waals surface area contributed by atoms with E-state index in [9.17, 15) is 14.9 Å². The average Bonchev–Trinajstić information content (AvgIpc) is 2.65. The smallest absolute Gasteiger partial charge is 0.320 e. The van der Waals surface area contributed by atoms with Gasteiger partial charge in [-0.1, -0.05) is 0 Å². The molecular formula is C13H16N4O4. The van der Waals surface area contributed by atoms with Crippen LogP contribution >= 0.6 is 0 Å². The molecule has 0 aliphatic carbocycles. The highest BCUT2D eigenvalue weighted by atomic mass is 16.6. The molecule has 112 valence electrons. The van der Waals surface area contributed by atoms with Crippen molar-refractivity contribution in [2.75, 3.05) is 5.73 Å². The fourth-order valence-corrected chi connectivity index (χ4v) is 2.51. The maximum atomic E-state index is 11.2. The van der Waals surface area contributed by atoms with Gasteiger partial charge in [-0.15, -0.1) is 0 Å². The molecule has 0 aliphatic rings. The first-order valence-corrected chi connectivity index (χ1v) is 6.24. The molecule has 8 heteroatoms. The molecule has 0 bridgehead atoms. The second kappa shape index (κ2) is 5.06. The topological polar surface area (TPSA) is 137 Å². The number of benzene rings is 1. The molecule has 8 nitrogen and oxygen atoms in total. The summed E-state index contributed by atoms with van der Waals surface area (Å²) in [4.78, 5) is 21.6. The molecule has 2 rings (SSSR count). The molecule has 0 saturated carbocycles. The number of fused-ring (bicyclic) bond motifs is 1. The third kappa shape index (κ3) is 2.29. The van der Waals surface area contributed by atoms with Crippen molar-refractivity contribution in [1.82, 2.24) is 4.57 Å². The number of aromatic nitrogens is 1. The molecule has 0 radical (unpaired) electrons. The zero-order chi connectivity index (χ0) is 15.9. The lowest BCUT2D eigenvalue weighted by Gasteiger charge is -2.07. The van der Waals surface area contributed by atoms with Crippen molar-refractivity contribution in [3.8, 4) is 0 Å². The van der Waals surface area contributed by atoms with Gasteiger partial charge in [-0.05, 0) is 18.6 Å². The number of carboxylic acid groups (broad SMARTS) is 1. The Morgan fingerprint density at radius 2 is 2.14 bits per heavy atom. The highest BCUT2D eigenvalue weighted by Crippen LogP contribution is 2.36. The normalized spacial score (nSPS) is 12.5. The van der Waals surface area contributed by atoms with Crippen molar-refractivity contribution in [3.63, 3.8) is 0 Å². The Balaban J connectivity index is 2.78. The molecule has 1 aromatic carbocycles. The predicted octanol–water partition coefficient (Wildman–Crippen LogP) is 0.932. The molecular weight excluding hydrogens is 276 g/mol. The van der Waals surface area contributed by atoms with Crippen LogP contribution in [0.2, 0.25) is 0 Å². The van der Waals surface area contributed by atoms with Gasteiger partial charge in [0.05, 0.1) is 4.92 Å². The first kappa shape index (κ1) is 14.8. The van der Waals surface area contributed by atoms with E-state index >= 15 is 0 Å². The van der Waals surface area contributed by atoms with Crippen molar-refractivity contribution < 1.29 is 14.8 Å². The third-order valence-corrected chi connectivity index (χ3v) is 3.70. The minimum Gasteiger partial charge on any atom is -0.480 e. The Morgan fingerprint density at radius 1 is 1.52 bits per heavy atom. The molecule has 0 fully saturated rings. The number of carboxylic acids is 1. The Labute approximate surface area is 120 Å². The lowest BCUT2D eigenvalue weighted by molar-refractivity contribution is -0.383. The van der Waals surface area contributed by atoms with Gasteiger partial charge in [0.1, 0.15) is 11.6 Å². The molecule has 1 unspecified atom stereocenters. The van der Waals surface area contributed by atoms with E-state index in [0.717, 1.165) is 0 Å². The number of hydrogen-bond donors (Lipinski definition) is 3. The number of nitro benzene ring substituents is 1. The van der Waals surface area contributed by atoms with Crippen molar-refractivity contribution in [2.45, 2.75) is 19.4 Å². The van der Waals surface area contributed by atoms with Crippen molar-refractivity contribution in [1.29, 1.82) is 0 Å². The maximum absolute atomic E-state index is 11.2. The van der Waals surface area contributed by atoms with Crippen LogP contribution in [0.4, 0.5) is 11.4 Å². The summed E-state index contributed by atoms with van der Waals surface area (Å²) in [5.74, 6) is -1.13. The lowest BCUT2D eigenvalue weighted by Crippen LogP contribution is -2.32. The minimum atomic E-state index is -1.13. The Bertz CT molecular complexity index is 750.